The summed E-state index contributed by atoms with van der Waals surface area (Å²) in [6.45, 7) is 4.00. The van der Waals surface area contributed by atoms with Crippen LogP contribution in [0.4, 0.5) is 0 Å². The molecular formula is C22H16Cl2N2O. The van der Waals surface area contributed by atoms with Gasteiger partial charge in [0, 0.05) is 11.1 Å². The Labute approximate surface area is 167 Å². The fourth-order valence-electron chi connectivity index (χ4n) is 3.00. The number of carbonyl (C=O) groups is 1. The molecule has 0 atom stereocenters. The largest absolute Gasteiger partial charge is 0.268 e. The number of halogens is 2. The summed E-state index contributed by atoms with van der Waals surface area (Å²) in [4.78, 5) is 18.0. The number of fused-ring (bicyclic) bond motifs is 1. The molecule has 3 aromatic carbocycles. The minimum atomic E-state index is -0.161. The predicted molar refractivity (Wildman–Crippen MR) is 111 cm³/mol. The smallest absolute Gasteiger partial charge is 0.264 e. The van der Waals surface area contributed by atoms with Crippen LogP contribution in [0, 0.1) is 13.8 Å². The topological polar surface area (TPSA) is 34.9 Å². The van der Waals surface area contributed by atoms with E-state index in [-0.39, 0.29) is 5.91 Å². The van der Waals surface area contributed by atoms with Crippen molar-refractivity contribution in [2.45, 2.75) is 13.8 Å². The molecule has 3 nitrogen and oxygen atoms in total. The van der Waals surface area contributed by atoms with Crippen molar-refractivity contribution in [2.75, 3.05) is 0 Å². The monoisotopic (exact) mass is 394 g/mol. The number of hydrogen-bond donors (Lipinski definition) is 0. The van der Waals surface area contributed by atoms with Crippen LogP contribution in [0.2, 0.25) is 10.0 Å². The van der Waals surface area contributed by atoms with Crippen LogP contribution in [-0.4, -0.2) is 15.5 Å². The Morgan fingerprint density at radius 3 is 2.04 bits per heavy atom. The van der Waals surface area contributed by atoms with Crippen LogP contribution in [0.1, 0.15) is 21.5 Å². The van der Waals surface area contributed by atoms with E-state index >= 15 is 0 Å². The zero-order valence-electron chi connectivity index (χ0n) is 14.8. The lowest BCUT2D eigenvalue weighted by Crippen LogP contribution is -2.13. The van der Waals surface area contributed by atoms with Crippen molar-refractivity contribution in [2.24, 2.45) is 0 Å². The van der Waals surface area contributed by atoms with Gasteiger partial charge < -0.3 is 0 Å². The Kier molecular flexibility index (Phi) is 4.50. The summed E-state index contributed by atoms with van der Waals surface area (Å²) in [6.07, 6.45) is 0. The molecule has 5 heteroatoms. The van der Waals surface area contributed by atoms with Crippen molar-refractivity contribution in [1.29, 1.82) is 0 Å². The van der Waals surface area contributed by atoms with Gasteiger partial charge in [-0.2, -0.15) is 0 Å². The van der Waals surface area contributed by atoms with Crippen molar-refractivity contribution in [3.05, 3.63) is 87.4 Å². The van der Waals surface area contributed by atoms with E-state index < -0.39 is 0 Å². The Bertz CT molecular complexity index is 1160. The minimum Gasteiger partial charge on any atom is -0.268 e. The van der Waals surface area contributed by atoms with Gasteiger partial charge in [0.2, 0.25) is 0 Å². The van der Waals surface area contributed by atoms with Crippen LogP contribution >= 0.6 is 23.2 Å². The van der Waals surface area contributed by atoms with E-state index in [4.69, 9.17) is 23.2 Å². The first-order chi connectivity index (χ1) is 12.9. The Morgan fingerprint density at radius 1 is 0.852 bits per heavy atom. The number of hydrogen-bond acceptors (Lipinski definition) is 2. The summed E-state index contributed by atoms with van der Waals surface area (Å²) in [5, 5.41) is 0.796. The second-order valence-corrected chi connectivity index (χ2v) is 7.38. The van der Waals surface area contributed by atoms with E-state index in [1.807, 2.05) is 62.4 Å². The maximum atomic E-state index is 13.3. The number of imidazole rings is 1. The zero-order chi connectivity index (χ0) is 19.1. The van der Waals surface area contributed by atoms with E-state index in [1.165, 1.54) is 0 Å². The number of aromatic nitrogens is 2. The second kappa shape index (κ2) is 6.84. The van der Waals surface area contributed by atoms with Crippen molar-refractivity contribution >= 4 is 40.1 Å². The van der Waals surface area contributed by atoms with Crippen molar-refractivity contribution in [3.63, 3.8) is 0 Å². The summed E-state index contributed by atoms with van der Waals surface area (Å²) in [7, 11) is 0. The molecule has 0 radical (unpaired) electrons. The number of nitrogens with zero attached hydrogens (tertiary/aromatic N) is 2. The fourth-order valence-corrected chi connectivity index (χ4v) is 3.32. The maximum Gasteiger partial charge on any atom is 0.264 e. The number of aryl methyl sites for hydroxylation is 2. The molecule has 134 valence electrons. The summed E-state index contributed by atoms with van der Waals surface area (Å²) in [5.74, 6) is 0.403. The maximum absolute atomic E-state index is 13.3. The summed E-state index contributed by atoms with van der Waals surface area (Å²) in [6, 6.07) is 18.8. The lowest BCUT2D eigenvalue weighted by atomic mass is 10.1. The highest BCUT2D eigenvalue weighted by atomic mass is 35.5. The standard InChI is InChI=1S/C22H16Cl2N2O/c1-13-3-7-15(8-4-13)21-25-19-11-17(23)18(24)12-20(19)26(21)22(27)16-9-5-14(2)6-10-16/h3-12H,1-2H3. The molecule has 1 heterocycles. The van der Waals surface area contributed by atoms with E-state index in [2.05, 4.69) is 4.98 Å². The van der Waals surface area contributed by atoms with Gasteiger partial charge in [0.25, 0.3) is 5.91 Å². The Hall–Kier alpha value is -2.62. The normalized spacial score (nSPS) is 11.1. The Balaban J connectivity index is 1.99. The summed E-state index contributed by atoms with van der Waals surface area (Å²) < 4.78 is 1.60. The molecule has 1 aromatic heterocycles. The lowest BCUT2D eigenvalue weighted by Gasteiger charge is -2.09. The van der Waals surface area contributed by atoms with E-state index in [9.17, 15) is 4.79 Å². The summed E-state index contributed by atoms with van der Waals surface area (Å²) >= 11 is 12.4. The van der Waals surface area contributed by atoms with Gasteiger partial charge in [0.05, 0.1) is 21.1 Å². The number of benzene rings is 3. The van der Waals surface area contributed by atoms with Gasteiger partial charge in [0.15, 0.2) is 0 Å². The van der Waals surface area contributed by atoms with Gasteiger partial charge in [-0.05, 0) is 38.1 Å². The quantitative estimate of drug-likeness (QED) is 0.398. The lowest BCUT2D eigenvalue weighted by molar-refractivity contribution is 0.0966. The first-order valence-corrected chi connectivity index (χ1v) is 9.25. The molecule has 0 aliphatic rings. The number of carbonyl (C=O) groups excluding carboxylic acids is 1. The van der Waals surface area contributed by atoms with Crippen LogP contribution < -0.4 is 0 Å². The molecule has 4 aromatic rings. The predicted octanol–water partition coefficient (Wildman–Crippen LogP) is 6.32. The molecule has 0 fully saturated rings. The average Bonchev–Trinajstić information content (AvgIpc) is 3.01. The average molecular weight is 395 g/mol. The first-order valence-electron chi connectivity index (χ1n) is 8.50. The molecule has 27 heavy (non-hydrogen) atoms. The molecule has 0 aliphatic carbocycles. The molecule has 0 amide bonds. The third-order valence-electron chi connectivity index (χ3n) is 4.51. The van der Waals surface area contributed by atoms with E-state index in [1.54, 1.807) is 16.7 Å². The fraction of sp³-hybridized carbons (Fsp3) is 0.0909. The molecular weight excluding hydrogens is 379 g/mol. The first kappa shape index (κ1) is 17.8. The van der Waals surface area contributed by atoms with Gasteiger partial charge in [0.1, 0.15) is 5.82 Å². The molecule has 0 aliphatic heterocycles. The van der Waals surface area contributed by atoms with Crippen LogP contribution in [0.3, 0.4) is 0 Å². The third-order valence-corrected chi connectivity index (χ3v) is 5.23. The number of rotatable bonds is 2. The van der Waals surface area contributed by atoms with Gasteiger partial charge in [-0.3, -0.25) is 9.36 Å². The van der Waals surface area contributed by atoms with Gasteiger partial charge >= 0.3 is 0 Å². The SMILES string of the molecule is Cc1ccc(C(=O)n2c(-c3ccc(C)cc3)nc3cc(Cl)c(Cl)cc32)cc1. The van der Waals surface area contributed by atoms with Gasteiger partial charge in [-0.25, -0.2) is 4.98 Å². The zero-order valence-corrected chi connectivity index (χ0v) is 16.3. The molecule has 0 bridgehead atoms. The van der Waals surface area contributed by atoms with Crippen LogP contribution in [-0.2, 0) is 0 Å². The van der Waals surface area contributed by atoms with Crippen molar-refractivity contribution < 1.29 is 4.79 Å². The second-order valence-electron chi connectivity index (χ2n) is 6.56. The van der Waals surface area contributed by atoms with Crippen molar-refractivity contribution in [3.8, 4) is 11.4 Å². The van der Waals surface area contributed by atoms with Crippen molar-refractivity contribution in [1.82, 2.24) is 9.55 Å². The van der Waals surface area contributed by atoms with Gasteiger partial charge in [-0.1, -0.05) is 70.7 Å². The highest BCUT2D eigenvalue weighted by Gasteiger charge is 2.20. The molecule has 0 saturated heterocycles. The molecule has 0 N–H and O–H groups in total. The van der Waals surface area contributed by atoms with Crippen LogP contribution in [0.5, 0.6) is 0 Å². The van der Waals surface area contributed by atoms with E-state index in [0.29, 0.717) is 32.5 Å². The highest BCUT2D eigenvalue weighted by Crippen LogP contribution is 2.32. The minimum absolute atomic E-state index is 0.161. The summed E-state index contributed by atoms with van der Waals surface area (Å²) in [5.41, 5.74) is 4.92. The highest BCUT2D eigenvalue weighted by molar-refractivity contribution is 6.42. The van der Waals surface area contributed by atoms with Crippen LogP contribution in [0.15, 0.2) is 60.7 Å². The Morgan fingerprint density at radius 2 is 1.41 bits per heavy atom. The van der Waals surface area contributed by atoms with Crippen LogP contribution in [0.25, 0.3) is 22.4 Å². The molecule has 4 rings (SSSR count). The molecule has 0 unspecified atom stereocenters. The van der Waals surface area contributed by atoms with Gasteiger partial charge in [-0.15, -0.1) is 0 Å². The third kappa shape index (κ3) is 3.25. The van der Waals surface area contributed by atoms with E-state index in [0.717, 1.165) is 16.7 Å². The molecule has 0 spiro atoms. The molecule has 0 saturated carbocycles.